The van der Waals surface area contributed by atoms with Crippen molar-refractivity contribution in [3.63, 3.8) is 0 Å². The average Bonchev–Trinajstić information content (AvgIpc) is 3.21. The normalized spacial score (nSPS) is 12.8. The topological polar surface area (TPSA) is 77.4 Å². The van der Waals surface area contributed by atoms with Crippen LogP contribution in [0.3, 0.4) is 0 Å². The van der Waals surface area contributed by atoms with Crippen molar-refractivity contribution in [1.82, 2.24) is 4.57 Å². The number of fused-ring (bicyclic) bond motifs is 1. The second-order valence-electron chi connectivity index (χ2n) is 6.36. The Hall–Kier alpha value is -3.10. The number of aromatic nitrogens is 1. The highest BCUT2D eigenvalue weighted by molar-refractivity contribution is 6.40. The van der Waals surface area contributed by atoms with Gasteiger partial charge in [-0.1, -0.05) is 0 Å². The first-order valence-corrected chi connectivity index (χ1v) is 8.49. The Bertz CT molecular complexity index is 982. The molecule has 1 N–H and O–H groups in total. The Morgan fingerprint density at radius 2 is 1.96 bits per heavy atom. The van der Waals surface area contributed by atoms with Crippen LogP contribution in [0.1, 0.15) is 50.5 Å². The van der Waals surface area contributed by atoms with Gasteiger partial charge in [-0.2, -0.15) is 0 Å². The van der Waals surface area contributed by atoms with E-state index in [0.29, 0.717) is 30.6 Å². The van der Waals surface area contributed by atoms with Crippen LogP contribution in [0.15, 0.2) is 18.2 Å². The molecule has 9 heteroatoms. The molecule has 1 amide bonds. The summed E-state index contributed by atoms with van der Waals surface area (Å²) in [6.45, 7) is 2.00. The van der Waals surface area contributed by atoms with Crippen LogP contribution in [-0.2, 0) is 22.5 Å². The lowest BCUT2D eigenvalue weighted by atomic mass is 10.0. The van der Waals surface area contributed by atoms with Crippen LogP contribution in [0.2, 0.25) is 0 Å². The summed E-state index contributed by atoms with van der Waals surface area (Å²) in [5.74, 6) is -3.59. The third kappa shape index (κ3) is 3.28. The molecule has 2 heterocycles. The maximum Gasteiger partial charge on any atom is 0.381 e. The number of Topliss-reactive ketones (excluding diaryl/α,β-unsaturated/α-hetero) is 1. The summed E-state index contributed by atoms with van der Waals surface area (Å²) in [6.07, 6.45) is -1.82. The molecule has 0 unspecified atom stereocenters. The molecule has 0 atom stereocenters. The Labute approximate surface area is 158 Å². The third-order valence-corrected chi connectivity index (χ3v) is 4.71. The van der Waals surface area contributed by atoms with E-state index in [1.54, 1.807) is 4.57 Å². The largest absolute Gasteiger partial charge is 0.463 e. The summed E-state index contributed by atoms with van der Waals surface area (Å²) in [6, 6.07) is 2.88. The quantitative estimate of drug-likeness (QED) is 0.479. The van der Waals surface area contributed by atoms with Gasteiger partial charge in [0.15, 0.2) is 0 Å². The van der Waals surface area contributed by atoms with Crippen molar-refractivity contribution in [2.75, 3.05) is 12.4 Å². The summed E-state index contributed by atoms with van der Waals surface area (Å²) < 4.78 is 45.3. The smallest absolute Gasteiger partial charge is 0.381 e. The number of methoxy groups -OCH3 is 1. The molecule has 0 spiro atoms. The third-order valence-electron chi connectivity index (χ3n) is 4.71. The number of anilines is 1. The Kier molecular flexibility index (Phi) is 5.26. The van der Waals surface area contributed by atoms with Crippen LogP contribution in [0.25, 0.3) is 0 Å². The van der Waals surface area contributed by atoms with E-state index in [-0.39, 0.29) is 16.9 Å². The fourth-order valence-electron chi connectivity index (χ4n) is 3.48. The van der Waals surface area contributed by atoms with Gasteiger partial charge in [-0.15, -0.1) is 0 Å². The van der Waals surface area contributed by atoms with Crippen LogP contribution in [0.5, 0.6) is 0 Å². The summed E-state index contributed by atoms with van der Waals surface area (Å²) in [7, 11) is 1.09. The molecule has 6 nitrogen and oxygen atoms in total. The van der Waals surface area contributed by atoms with Crippen molar-refractivity contribution < 1.29 is 32.3 Å². The van der Waals surface area contributed by atoms with Gasteiger partial charge in [-0.05, 0) is 43.5 Å². The highest BCUT2D eigenvalue weighted by Crippen LogP contribution is 2.31. The zero-order valence-electron chi connectivity index (χ0n) is 15.1. The zero-order chi connectivity index (χ0) is 20.6. The fraction of sp³-hybridized carbons (Fsp3) is 0.316. The predicted molar refractivity (Wildman–Crippen MR) is 93.1 cm³/mol. The Morgan fingerprint density at radius 1 is 1.25 bits per heavy atom. The van der Waals surface area contributed by atoms with Crippen molar-refractivity contribution >= 4 is 23.3 Å². The Morgan fingerprint density at radius 3 is 2.61 bits per heavy atom. The number of carbonyl (C=O) groups is 3. The highest BCUT2D eigenvalue weighted by Gasteiger charge is 2.33. The number of nitrogens with zero attached hydrogens (tertiary/aromatic N) is 1. The molecule has 2 aromatic rings. The molecular formula is C19H17F3N2O4. The number of benzene rings is 1. The van der Waals surface area contributed by atoms with Crippen molar-refractivity contribution in [2.24, 2.45) is 0 Å². The van der Waals surface area contributed by atoms with Crippen molar-refractivity contribution in [3.8, 4) is 0 Å². The van der Waals surface area contributed by atoms with E-state index >= 15 is 0 Å². The van der Waals surface area contributed by atoms with E-state index in [1.807, 2.05) is 0 Å². The number of alkyl halides is 2. The second kappa shape index (κ2) is 7.49. The summed E-state index contributed by atoms with van der Waals surface area (Å²) in [5.41, 5.74) is 0.347. The summed E-state index contributed by atoms with van der Waals surface area (Å²) in [4.78, 5) is 36.8. The maximum absolute atomic E-state index is 13.4. The first-order valence-electron chi connectivity index (χ1n) is 8.49. The van der Waals surface area contributed by atoms with Crippen LogP contribution in [-0.4, -0.2) is 29.3 Å². The van der Waals surface area contributed by atoms with E-state index in [9.17, 15) is 27.6 Å². The van der Waals surface area contributed by atoms with Gasteiger partial charge < -0.3 is 14.6 Å². The molecule has 0 bridgehead atoms. The van der Waals surface area contributed by atoms with Gasteiger partial charge >= 0.3 is 5.97 Å². The average molecular weight is 394 g/mol. The molecule has 3 rings (SSSR count). The van der Waals surface area contributed by atoms with Crippen LogP contribution in [0, 0.1) is 12.7 Å². The van der Waals surface area contributed by atoms with E-state index < -0.39 is 35.5 Å². The van der Waals surface area contributed by atoms with Crippen molar-refractivity contribution in [2.45, 2.75) is 32.7 Å². The minimum absolute atomic E-state index is 0.000101. The zero-order valence-corrected chi connectivity index (χ0v) is 15.1. The maximum atomic E-state index is 13.4. The van der Waals surface area contributed by atoms with E-state index in [4.69, 9.17) is 0 Å². The van der Waals surface area contributed by atoms with E-state index in [0.717, 1.165) is 19.2 Å². The first kappa shape index (κ1) is 19.7. The van der Waals surface area contributed by atoms with Gasteiger partial charge in [0.05, 0.1) is 18.2 Å². The molecule has 1 aliphatic heterocycles. The highest BCUT2D eigenvalue weighted by atomic mass is 19.3. The lowest BCUT2D eigenvalue weighted by Gasteiger charge is -2.09. The minimum atomic E-state index is -3.03. The number of carbonyl (C=O) groups excluding carboxylic acids is 3. The molecule has 0 saturated heterocycles. The summed E-state index contributed by atoms with van der Waals surface area (Å²) >= 11 is 0. The van der Waals surface area contributed by atoms with Gasteiger partial charge in [0.2, 0.25) is 0 Å². The molecule has 148 valence electrons. The number of amides is 1. The predicted octanol–water partition coefficient (Wildman–Crippen LogP) is 3.43. The molecule has 0 aliphatic carbocycles. The number of nitrogens with one attached hydrogen (secondary N) is 1. The number of esters is 1. The molecule has 1 aromatic heterocycles. The van der Waals surface area contributed by atoms with Crippen LogP contribution in [0.4, 0.5) is 18.9 Å². The fourth-order valence-corrected chi connectivity index (χ4v) is 3.48. The van der Waals surface area contributed by atoms with E-state index in [1.165, 1.54) is 13.0 Å². The van der Waals surface area contributed by atoms with E-state index in [2.05, 4.69) is 10.1 Å². The number of rotatable bonds is 5. The lowest BCUT2D eigenvalue weighted by Crippen LogP contribution is -2.20. The van der Waals surface area contributed by atoms with Gasteiger partial charge in [0.25, 0.3) is 18.1 Å². The minimum Gasteiger partial charge on any atom is -0.463 e. The number of hydrogen-bond acceptors (Lipinski definition) is 4. The van der Waals surface area contributed by atoms with Crippen molar-refractivity contribution in [1.29, 1.82) is 0 Å². The number of hydrogen-bond donors (Lipinski definition) is 1. The standard InChI is InChI=1S/C19H17F3N2O4/c1-9-14(13-4-3-7-24(13)15(9)16(25)19(27)28-2)18(26)23-10-5-6-12(20)11(8-10)17(21)22/h5-6,8,17H,3-4,7H2,1-2H3,(H,23,26). The lowest BCUT2D eigenvalue weighted by molar-refractivity contribution is -0.135. The number of ketones is 1. The van der Waals surface area contributed by atoms with Crippen LogP contribution < -0.4 is 5.32 Å². The van der Waals surface area contributed by atoms with Crippen molar-refractivity contribution in [3.05, 3.63) is 52.1 Å². The Balaban J connectivity index is 1.98. The monoisotopic (exact) mass is 394 g/mol. The molecule has 0 radical (unpaired) electrons. The number of halogens is 3. The van der Waals surface area contributed by atoms with Gasteiger partial charge in [-0.25, -0.2) is 18.0 Å². The van der Waals surface area contributed by atoms with Gasteiger partial charge in [0.1, 0.15) is 11.5 Å². The molecule has 1 aliphatic rings. The molecule has 28 heavy (non-hydrogen) atoms. The first-order chi connectivity index (χ1) is 13.3. The van der Waals surface area contributed by atoms with Crippen LogP contribution >= 0.6 is 0 Å². The SMILES string of the molecule is COC(=O)C(=O)c1c(C)c(C(=O)Nc2ccc(F)c(C(F)F)c2)c2n1CCC2. The molecule has 1 aromatic carbocycles. The summed E-state index contributed by atoms with van der Waals surface area (Å²) in [5, 5.41) is 2.47. The van der Waals surface area contributed by atoms with Gasteiger partial charge in [-0.3, -0.25) is 9.59 Å². The number of ether oxygens (including phenoxy) is 1. The second-order valence-corrected chi connectivity index (χ2v) is 6.36. The van der Waals surface area contributed by atoms with Gasteiger partial charge in [0, 0.05) is 17.9 Å². The molecule has 0 saturated carbocycles. The molecular weight excluding hydrogens is 377 g/mol. The molecule has 0 fully saturated rings.